The molecule has 0 spiro atoms. The van der Waals surface area contributed by atoms with Gasteiger partial charge in [0.2, 0.25) is 0 Å². The van der Waals surface area contributed by atoms with Crippen LogP contribution in [0.2, 0.25) is 0 Å². The van der Waals surface area contributed by atoms with Crippen LogP contribution in [0.3, 0.4) is 0 Å². The van der Waals surface area contributed by atoms with Crippen molar-refractivity contribution < 1.29 is 0 Å². The van der Waals surface area contributed by atoms with Crippen molar-refractivity contribution in [3.8, 4) is 0 Å². The van der Waals surface area contributed by atoms with Crippen LogP contribution in [0, 0.1) is 9.49 Å². The highest BCUT2D eigenvalue weighted by Gasteiger charge is 2.12. The summed E-state index contributed by atoms with van der Waals surface area (Å²) in [6.45, 7) is 4.43. The summed E-state index contributed by atoms with van der Waals surface area (Å²) in [5.41, 5.74) is 1.17. The summed E-state index contributed by atoms with van der Waals surface area (Å²) in [5.74, 6) is 3.37. The first kappa shape index (κ1) is 14.0. The molecule has 3 nitrogen and oxygen atoms in total. The van der Waals surface area contributed by atoms with Gasteiger partial charge in [-0.15, -0.1) is 0 Å². The SMILES string of the molecule is CNc1nc(CSC)nc(CC(C)C)c1I. The van der Waals surface area contributed by atoms with Crippen molar-refractivity contribution in [1.29, 1.82) is 0 Å². The first-order valence-electron chi connectivity index (χ1n) is 5.30. The third kappa shape index (κ3) is 3.76. The number of hydrogen-bond donors (Lipinski definition) is 1. The van der Waals surface area contributed by atoms with Crippen LogP contribution in [0.25, 0.3) is 0 Å². The molecule has 0 unspecified atom stereocenters. The van der Waals surface area contributed by atoms with Gasteiger partial charge >= 0.3 is 0 Å². The Morgan fingerprint density at radius 3 is 2.56 bits per heavy atom. The topological polar surface area (TPSA) is 37.8 Å². The number of rotatable bonds is 5. The van der Waals surface area contributed by atoms with E-state index in [9.17, 15) is 0 Å². The average molecular weight is 351 g/mol. The van der Waals surface area contributed by atoms with Crippen LogP contribution in [0.1, 0.15) is 25.4 Å². The zero-order valence-corrected chi connectivity index (χ0v) is 13.1. The molecule has 0 amide bonds. The molecule has 0 aliphatic rings. The van der Waals surface area contributed by atoms with Crippen molar-refractivity contribution in [2.24, 2.45) is 5.92 Å². The number of nitrogens with zero attached hydrogens (tertiary/aromatic N) is 2. The fourth-order valence-electron chi connectivity index (χ4n) is 1.43. The molecule has 90 valence electrons. The highest BCUT2D eigenvalue weighted by atomic mass is 127. The zero-order chi connectivity index (χ0) is 12.1. The molecule has 0 aliphatic carbocycles. The second-order valence-electron chi connectivity index (χ2n) is 4.03. The minimum atomic E-state index is 0.621. The number of halogens is 1. The van der Waals surface area contributed by atoms with Crippen LogP contribution in [0.15, 0.2) is 0 Å². The number of anilines is 1. The van der Waals surface area contributed by atoms with Crippen molar-refractivity contribution in [2.75, 3.05) is 18.6 Å². The number of nitrogens with one attached hydrogen (secondary N) is 1. The lowest BCUT2D eigenvalue weighted by Crippen LogP contribution is -2.09. The van der Waals surface area contributed by atoms with Crippen molar-refractivity contribution in [1.82, 2.24) is 9.97 Å². The highest BCUT2D eigenvalue weighted by Crippen LogP contribution is 2.22. The fourth-order valence-corrected chi connectivity index (χ4v) is 2.54. The summed E-state index contributed by atoms with van der Waals surface area (Å²) in [6.07, 6.45) is 3.08. The predicted octanol–water partition coefficient (Wildman–Crippen LogP) is 3.18. The summed E-state index contributed by atoms with van der Waals surface area (Å²) in [4.78, 5) is 9.13. The largest absolute Gasteiger partial charge is 0.372 e. The van der Waals surface area contributed by atoms with Crippen LogP contribution in [-0.2, 0) is 12.2 Å². The Balaban J connectivity index is 3.08. The van der Waals surface area contributed by atoms with Gasteiger partial charge in [-0.25, -0.2) is 9.97 Å². The Morgan fingerprint density at radius 2 is 2.06 bits per heavy atom. The van der Waals surface area contributed by atoms with E-state index in [0.29, 0.717) is 5.92 Å². The lowest BCUT2D eigenvalue weighted by molar-refractivity contribution is 0.629. The number of hydrogen-bond acceptors (Lipinski definition) is 4. The second-order valence-corrected chi connectivity index (χ2v) is 5.97. The van der Waals surface area contributed by atoms with Crippen molar-refractivity contribution in [3.05, 3.63) is 15.1 Å². The van der Waals surface area contributed by atoms with Crippen LogP contribution >= 0.6 is 34.4 Å². The molecule has 0 saturated heterocycles. The third-order valence-electron chi connectivity index (χ3n) is 2.08. The Morgan fingerprint density at radius 1 is 1.38 bits per heavy atom. The lowest BCUT2D eigenvalue weighted by atomic mass is 10.1. The molecule has 0 radical (unpaired) electrons. The van der Waals surface area contributed by atoms with E-state index in [-0.39, 0.29) is 0 Å². The van der Waals surface area contributed by atoms with Gasteiger partial charge in [0.15, 0.2) is 0 Å². The number of thioether (sulfide) groups is 1. The van der Waals surface area contributed by atoms with Gasteiger partial charge in [-0.1, -0.05) is 13.8 Å². The van der Waals surface area contributed by atoms with Gasteiger partial charge in [-0.2, -0.15) is 11.8 Å². The maximum atomic E-state index is 4.63. The molecule has 0 atom stereocenters. The lowest BCUT2D eigenvalue weighted by Gasteiger charge is -2.12. The standard InChI is InChI=1S/C11H18IN3S/c1-7(2)5-8-10(12)11(13-3)15-9(14-8)6-16-4/h7H,5-6H2,1-4H3,(H,13,14,15). The molecule has 0 saturated carbocycles. The smallest absolute Gasteiger partial charge is 0.143 e. The molecule has 16 heavy (non-hydrogen) atoms. The molecule has 1 aromatic rings. The van der Waals surface area contributed by atoms with Gasteiger partial charge in [0.05, 0.1) is 15.0 Å². The molecule has 0 aromatic carbocycles. The average Bonchev–Trinajstić information content (AvgIpc) is 2.22. The minimum absolute atomic E-state index is 0.621. The summed E-state index contributed by atoms with van der Waals surface area (Å²) in [5, 5.41) is 3.14. The Labute approximate surface area is 115 Å². The van der Waals surface area contributed by atoms with Crippen LogP contribution in [-0.4, -0.2) is 23.3 Å². The van der Waals surface area contributed by atoms with Crippen LogP contribution in [0.4, 0.5) is 5.82 Å². The Bertz CT molecular complexity index is 355. The molecule has 0 bridgehead atoms. The molecule has 1 heterocycles. The maximum absolute atomic E-state index is 4.63. The van der Waals surface area contributed by atoms with Crippen LogP contribution in [0.5, 0.6) is 0 Å². The molecule has 1 N–H and O–H groups in total. The normalized spacial score (nSPS) is 10.9. The Hall–Kier alpha value is -0.0400. The van der Waals surface area contributed by atoms with Gasteiger partial charge < -0.3 is 5.32 Å². The molecular weight excluding hydrogens is 333 g/mol. The molecule has 0 aliphatic heterocycles. The molecule has 5 heteroatoms. The van der Waals surface area contributed by atoms with E-state index in [2.05, 4.69) is 58.0 Å². The van der Waals surface area contributed by atoms with Crippen molar-refractivity contribution >= 4 is 40.2 Å². The molecule has 1 rings (SSSR count). The van der Waals surface area contributed by atoms with E-state index < -0.39 is 0 Å². The summed E-state index contributed by atoms with van der Waals surface area (Å²) >= 11 is 4.08. The zero-order valence-electron chi connectivity index (χ0n) is 10.2. The third-order valence-corrected chi connectivity index (χ3v) is 3.76. The van der Waals surface area contributed by atoms with E-state index in [4.69, 9.17) is 0 Å². The summed E-state index contributed by atoms with van der Waals surface area (Å²) in [7, 11) is 1.91. The predicted molar refractivity (Wildman–Crippen MR) is 80.1 cm³/mol. The fraction of sp³-hybridized carbons (Fsp3) is 0.636. The summed E-state index contributed by atoms with van der Waals surface area (Å²) < 4.78 is 1.15. The summed E-state index contributed by atoms with van der Waals surface area (Å²) in [6, 6.07) is 0. The van der Waals surface area contributed by atoms with Crippen molar-refractivity contribution in [3.63, 3.8) is 0 Å². The van der Waals surface area contributed by atoms with E-state index in [1.807, 2.05) is 7.05 Å². The second kappa shape index (κ2) is 6.64. The van der Waals surface area contributed by atoms with E-state index >= 15 is 0 Å². The van der Waals surface area contributed by atoms with Gasteiger partial charge in [0.25, 0.3) is 0 Å². The van der Waals surface area contributed by atoms with Gasteiger partial charge in [-0.3, -0.25) is 0 Å². The first-order valence-corrected chi connectivity index (χ1v) is 7.77. The Kier molecular flexibility index (Phi) is 5.82. The van der Waals surface area contributed by atoms with Crippen molar-refractivity contribution in [2.45, 2.75) is 26.0 Å². The quantitative estimate of drug-likeness (QED) is 0.827. The monoisotopic (exact) mass is 351 g/mol. The van der Waals surface area contributed by atoms with E-state index in [1.165, 1.54) is 5.69 Å². The van der Waals surface area contributed by atoms with Gasteiger partial charge in [-0.05, 0) is 41.2 Å². The molecular formula is C11H18IN3S. The number of aromatic nitrogens is 2. The van der Waals surface area contributed by atoms with E-state index in [0.717, 1.165) is 27.4 Å². The van der Waals surface area contributed by atoms with Gasteiger partial charge in [0, 0.05) is 7.05 Å². The van der Waals surface area contributed by atoms with Crippen LogP contribution < -0.4 is 5.32 Å². The molecule has 1 aromatic heterocycles. The molecule has 0 fully saturated rings. The first-order chi connectivity index (χ1) is 7.58. The highest BCUT2D eigenvalue weighted by molar-refractivity contribution is 14.1. The minimum Gasteiger partial charge on any atom is -0.372 e. The maximum Gasteiger partial charge on any atom is 0.143 e. The van der Waals surface area contributed by atoms with Gasteiger partial charge in [0.1, 0.15) is 11.6 Å². The van der Waals surface area contributed by atoms with E-state index in [1.54, 1.807) is 11.8 Å².